The van der Waals surface area contributed by atoms with Crippen molar-refractivity contribution in [3.8, 4) is 0 Å². The van der Waals surface area contributed by atoms with Gasteiger partial charge in [-0.1, -0.05) is 11.8 Å². The Labute approximate surface area is 144 Å². The number of thioether (sulfide) groups is 1. The Balaban J connectivity index is 1.55. The Hall–Kier alpha value is -2.26. The van der Waals surface area contributed by atoms with Gasteiger partial charge in [0.25, 0.3) is 0 Å². The van der Waals surface area contributed by atoms with E-state index in [1.807, 2.05) is 24.3 Å². The number of hydrogen-bond donors (Lipinski definition) is 3. The number of carbonyl (C=O) groups is 1. The number of nitrogens with zero attached hydrogens (tertiary/aromatic N) is 3. The molecule has 0 radical (unpaired) electrons. The van der Waals surface area contributed by atoms with Crippen molar-refractivity contribution < 1.29 is 9.53 Å². The molecule has 2 heterocycles. The summed E-state index contributed by atoms with van der Waals surface area (Å²) in [6.07, 6.45) is 0. The topological polar surface area (TPSA) is 109 Å². The summed E-state index contributed by atoms with van der Waals surface area (Å²) in [6, 6.07) is 7.83. The van der Waals surface area contributed by atoms with E-state index < -0.39 is 0 Å². The molecule has 1 aromatic carbocycles. The molecule has 1 aliphatic heterocycles. The summed E-state index contributed by atoms with van der Waals surface area (Å²) in [5, 5.41) is 9.49. The Morgan fingerprint density at radius 2 is 2.08 bits per heavy atom. The smallest absolute Gasteiger partial charge is 0.237 e. The van der Waals surface area contributed by atoms with Gasteiger partial charge in [-0.05, 0) is 31.2 Å². The lowest BCUT2D eigenvalue weighted by molar-refractivity contribution is -0.115. The molecule has 24 heavy (non-hydrogen) atoms. The Morgan fingerprint density at radius 3 is 2.71 bits per heavy atom. The molecule has 1 saturated heterocycles. The minimum atomic E-state index is -0.334. The maximum absolute atomic E-state index is 12.3. The summed E-state index contributed by atoms with van der Waals surface area (Å²) in [6.45, 7) is 5.07. The third-order valence-electron chi connectivity index (χ3n) is 3.64. The predicted molar refractivity (Wildman–Crippen MR) is 94.2 cm³/mol. The molecule has 0 aliphatic carbocycles. The van der Waals surface area contributed by atoms with Gasteiger partial charge < -0.3 is 20.7 Å². The molecule has 1 fully saturated rings. The minimum Gasteiger partial charge on any atom is -0.378 e. The van der Waals surface area contributed by atoms with E-state index in [-0.39, 0.29) is 17.1 Å². The summed E-state index contributed by atoms with van der Waals surface area (Å²) >= 11 is 1.25. The molecule has 2 aromatic rings. The third-order valence-corrected chi connectivity index (χ3v) is 4.61. The van der Waals surface area contributed by atoms with Crippen LogP contribution in [0.25, 0.3) is 0 Å². The summed E-state index contributed by atoms with van der Waals surface area (Å²) in [4.78, 5) is 18.5. The van der Waals surface area contributed by atoms with Crippen LogP contribution in [-0.4, -0.2) is 52.6 Å². The maximum Gasteiger partial charge on any atom is 0.237 e. The second-order valence-electron chi connectivity index (χ2n) is 5.40. The molecule has 9 heteroatoms. The lowest BCUT2D eigenvalue weighted by Gasteiger charge is -2.28. The van der Waals surface area contributed by atoms with E-state index >= 15 is 0 Å². The molecule has 128 valence electrons. The zero-order valence-corrected chi connectivity index (χ0v) is 14.2. The highest BCUT2D eigenvalue weighted by molar-refractivity contribution is 8.00. The summed E-state index contributed by atoms with van der Waals surface area (Å²) in [7, 11) is 0. The first-order valence-corrected chi connectivity index (χ1v) is 8.58. The third kappa shape index (κ3) is 4.18. The van der Waals surface area contributed by atoms with Crippen LogP contribution in [0.5, 0.6) is 0 Å². The molecule has 0 bridgehead atoms. The Morgan fingerprint density at radius 1 is 1.38 bits per heavy atom. The van der Waals surface area contributed by atoms with E-state index in [1.165, 1.54) is 11.8 Å². The van der Waals surface area contributed by atoms with Crippen molar-refractivity contribution in [3.05, 3.63) is 24.3 Å². The largest absolute Gasteiger partial charge is 0.378 e. The number of H-pyrrole nitrogens is 1. The maximum atomic E-state index is 12.3. The molecular weight excluding hydrogens is 328 g/mol. The van der Waals surface area contributed by atoms with Crippen LogP contribution >= 0.6 is 11.8 Å². The summed E-state index contributed by atoms with van der Waals surface area (Å²) < 4.78 is 5.35. The van der Waals surface area contributed by atoms with Gasteiger partial charge >= 0.3 is 0 Å². The number of carbonyl (C=O) groups excluding carboxylic acids is 1. The van der Waals surface area contributed by atoms with Gasteiger partial charge in [0.05, 0.1) is 18.5 Å². The average Bonchev–Trinajstić information content (AvgIpc) is 3.01. The van der Waals surface area contributed by atoms with Crippen molar-refractivity contribution >= 4 is 35.0 Å². The zero-order valence-electron chi connectivity index (χ0n) is 13.4. The molecule has 1 aromatic heterocycles. The average molecular weight is 348 g/mol. The zero-order chi connectivity index (χ0) is 16.9. The van der Waals surface area contributed by atoms with Crippen molar-refractivity contribution in [3.63, 3.8) is 0 Å². The van der Waals surface area contributed by atoms with Crippen molar-refractivity contribution in [2.45, 2.75) is 17.3 Å². The fourth-order valence-electron chi connectivity index (χ4n) is 2.34. The normalized spacial score (nSPS) is 16.0. The van der Waals surface area contributed by atoms with E-state index in [0.717, 1.165) is 37.7 Å². The van der Waals surface area contributed by atoms with E-state index in [0.29, 0.717) is 5.16 Å². The van der Waals surface area contributed by atoms with Crippen LogP contribution in [0.3, 0.4) is 0 Å². The predicted octanol–water partition coefficient (Wildman–Crippen LogP) is 1.34. The molecule has 0 unspecified atom stereocenters. The van der Waals surface area contributed by atoms with Crippen LogP contribution in [0, 0.1) is 0 Å². The molecule has 1 amide bonds. The molecule has 1 aliphatic rings. The molecule has 3 rings (SSSR count). The molecule has 8 nitrogen and oxygen atoms in total. The van der Waals surface area contributed by atoms with Gasteiger partial charge in [0.1, 0.15) is 0 Å². The lowest BCUT2D eigenvalue weighted by atomic mass is 10.2. The van der Waals surface area contributed by atoms with Crippen LogP contribution in [0.4, 0.5) is 17.3 Å². The van der Waals surface area contributed by atoms with Gasteiger partial charge in [0.2, 0.25) is 17.0 Å². The number of anilines is 3. The van der Waals surface area contributed by atoms with Crippen LogP contribution in [0.15, 0.2) is 29.4 Å². The number of morpholine rings is 1. The van der Waals surface area contributed by atoms with Gasteiger partial charge in [-0.15, -0.1) is 5.10 Å². The second kappa shape index (κ2) is 7.54. The van der Waals surface area contributed by atoms with Gasteiger partial charge in [-0.3, -0.25) is 4.79 Å². The SMILES string of the molecule is C[C@H](Sc1n[nH]c(N)n1)C(=O)Nc1ccc(N2CCOCC2)cc1. The van der Waals surface area contributed by atoms with Crippen molar-refractivity contribution in [2.24, 2.45) is 0 Å². The van der Waals surface area contributed by atoms with E-state index in [1.54, 1.807) is 6.92 Å². The highest BCUT2D eigenvalue weighted by atomic mass is 32.2. The molecule has 1 atom stereocenters. The quantitative estimate of drug-likeness (QED) is 0.700. The number of nitrogens with two attached hydrogens (primary N) is 1. The number of aromatic nitrogens is 3. The fraction of sp³-hybridized carbons (Fsp3) is 0.400. The number of amides is 1. The number of nitrogens with one attached hydrogen (secondary N) is 2. The van der Waals surface area contributed by atoms with Gasteiger partial charge in [-0.2, -0.15) is 4.98 Å². The van der Waals surface area contributed by atoms with Crippen molar-refractivity contribution in [1.29, 1.82) is 0 Å². The Bertz CT molecular complexity index is 684. The van der Waals surface area contributed by atoms with Gasteiger partial charge in [-0.25, -0.2) is 5.10 Å². The van der Waals surface area contributed by atoms with Crippen LogP contribution in [0.1, 0.15) is 6.92 Å². The number of rotatable bonds is 5. The number of nitrogen functional groups attached to an aromatic ring is 1. The highest BCUT2D eigenvalue weighted by Gasteiger charge is 2.17. The van der Waals surface area contributed by atoms with Crippen LogP contribution in [0.2, 0.25) is 0 Å². The number of benzene rings is 1. The molecule has 0 spiro atoms. The fourth-order valence-corrected chi connectivity index (χ4v) is 3.08. The molecular formula is C15H20N6O2S. The summed E-state index contributed by atoms with van der Waals surface area (Å²) in [5.41, 5.74) is 7.37. The number of aromatic amines is 1. The molecule has 4 N–H and O–H groups in total. The first-order valence-electron chi connectivity index (χ1n) is 7.70. The lowest BCUT2D eigenvalue weighted by Crippen LogP contribution is -2.36. The van der Waals surface area contributed by atoms with Crippen molar-refractivity contribution in [2.75, 3.05) is 42.3 Å². The van der Waals surface area contributed by atoms with Gasteiger partial charge in [0, 0.05) is 24.5 Å². The van der Waals surface area contributed by atoms with Gasteiger partial charge in [0.15, 0.2) is 0 Å². The first-order chi connectivity index (χ1) is 11.6. The van der Waals surface area contributed by atoms with Crippen LogP contribution < -0.4 is 16.0 Å². The number of hydrogen-bond acceptors (Lipinski definition) is 7. The summed E-state index contributed by atoms with van der Waals surface area (Å²) in [5.74, 6) is 0.131. The van der Waals surface area contributed by atoms with E-state index in [4.69, 9.17) is 10.5 Å². The minimum absolute atomic E-state index is 0.109. The first kappa shape index (κ1) is 16.6. The monoisotopic (exact) mass is 348 g/mol. The number of ether oxygens (including phenoxy) is 1. The van der Waals surface area contributed by atoms with Crippen LogP contribution in [-0.2, 0) is 9.53 Å². The van der Waals surface area contributed by atoms with E-state index in [2.05, 4.69) is 25.4 Å². The van der Waals surface area contributed by atoms with Crippen molar-refractivity contribution in [1.82, 2.24) is 15.2 Å². The Kier molecular flexibility index (Phi) is 5.21. The molecule has 0 saturated carbocycles. The highest BCUT2D eigenvalue weighted by Crippen LogP contribution is 2.22. The standard InChI is InChI=1S/C15H20N6O2S/c1-10(24-15-18-14(16)19-20-15)13(22)17-11-2-4-12(5-3-11)21-6-8-23-9-7-21/h2-5,10H,6-9H2,1H3,(H,17,22)(H3,16,18,19,20)/t10-/m0/s1. The second-order valence-corrected chi connectivity index (χ2v) is 6.71. The van der Waals surface area contributed by atoms with E-state index in [9.17, 15) is 4.79 Å².